The number of hydrogen-bond acceptors (Lipinski definition) is 4. The van der Waals surface area contributed by atoms with Crippen molar-refractivity contribution in [2.45, 2.75) is 18.9 Å². The van der Waals surface area contributed by atoms with Crippen LogP contribution in [0.15, 0.2) is 30.5 Å². The smallest absolute Gasteiger partial charge is 0.263 e. The number of nitrogens with one attached hydrogen (secondary N) is 1. The minimum absolute atomic E-state index is 0.0467. The number of fused-ring (bicyclic) bond motifs is 3. The number of carbonyl (C=O) groups excluding carboxylic acids is 1. The van der Waals surface area contributed by atoms with Gasteiger partial charge in [-0.15, -0.1) is 11.3 Å². The summed E-state index contributed by atoms with van der Waals surface area (Å²) in [6.45, 7) is 3.28. The van der Waals surface area contributed by atoms with Gasteiger partial charge in [0, 0.05) is 18.2 Å². The Balaban J connectivity index is 1.46. The number of hydrogen-bond donors (Lipinski definition) is 1. The van der Waals surface area contributed by atoms with Crippen molar-refractivity contribution in [1.82, 2.24) is 15.2 Å². The molecule has 4 nitrogen and oxygen atoms in total. The van der Waals surface area contributed by atoms with Gasteiger partial charge in [-0.3, -0.25) is 4.79 Å². The fourth-order valence-corrected chi connectivity index (χ4v) is 4.30. The van der Waals surface area contributed by atoms with E-state index in [-0.39, 0.29) is 17.8 Å². The Labute approximate surface area is 138 Å². The van der Waals surface area contributed by atoms with Gasteiger partial charge in [0.2, 0.25) is 0 Å². The van der Waals surface area contributed by atoms with Gasteiger partial charge >= 0.3 is 0 Å². The van der Waals surface area contributed by atoms with E-state index in [1.54, 1.807) is 18.3 Å². The molecule has 1 atom stereocenters. The average molecular weight is 331 g/mol. The van der Waals surface area contributed by atoms with Crippen LogP contribution in [0.5, 0.6) is 0 Å². The molecule has 1 amide bonds. The van der Waals surface area contributed by atoms with Gasteiger partial charge in [-0.25, -0.2) is 9.37 Å². The van der Waals surface area contributed by atoms with Crippen LogP contribution < -0.4 is 5.32 Å². The molecular formula is C17H18FN3OS. The van der Waals surface area contributed by atoms with Crippen LogP contribution in [0.1, 0.15) is 22.5 Å². The number of amides is 1. The summed E-state index contributed by atoms with van der Waals surface area (Å²) in [5.41, 5.74) is 0.832. The molecule has 1 N–H and O–H groups in total. The van der Waals surface area contributed by atoms with Crippen molar-refractivity contribution < 1.29 is 9.18 Å². The second kappa shape index (κ2) is 6.02. The highest BCUT2D eigenvalue weighted by Crippen LogP contribution is 2.29. The second-order valence-corrected chi connectivity index (χ2v) is 7.29. The number of benzene rings is 1. The Morgan fingerprint density at radius 1 is 1.26 bits per heavy atom. The van der Waals surface area contributed by atoms with Crippen molar-refractivity contribution in [3.8, 4) is 10.6 Å². The first-order valence-corrected chi connectivity index (χ1v) is 8.76. The summed E-state index contributed by atoms with van der Waals surface area (Å²) >= 11 is 1.35. The van der Waals surface area contributed by atoms with Gasteiger partial charge in [0.1, 0.15) is 15.7 Å². The third-order valence-electron chi connectivity index (χ3n) is 4.79. The summed E-state index contributed by atoms with van der Waals surface area (Å²) in [6, 6.07) is 6.43. The molecule has 3 aliphatic heterocycles. The number of nitrogens with zero attached hydrogens (tertiary/aromatic N) is 2. The summed E-state index contributed by atoms with van der Waals surface area (Å²) in [7, 11) is 0. The van der Waals surface area contributed by atoms with E-state index in [0.717, 1.165) is 30.2 Å². The minimum Gasteiger partial charge on any atom is -0.347 e. The average Bonchev–Trinajstić information content (AvgIpc) is 3.07. The van der Waals surface area contributed by atoms with Crippen molar-refractivity contribution in [2.24, 2.45) is 5.92 Å². The number of thiazole rings is 1. The van der Waals surface area contributed by atoms with Gasteiger partial charge in [-0.2, -0.15) is 0 Å². The van der Waals surface area contributed by atoms with Crippen LogP contribution in [0, 0.1) is 11.7 Å². The topological polar surface area (TPSA) is 45.2 Å². The molecule has 6 heteroatoms. The lowest BCUT2D eigenvalue weighted by Crippen LogP contribution is -2.57. The number of aromatic nitrogens is 1. The lowest BCUT2D eigenvalue weighted by Gasteiger charge is -2.44. The predicted octanol–water partition coefficient (Wildman–Crippen LogP) is 2.77. The van der Waals surface area contributed by atoms with E-state index >= 15 is 0 Å². The van der Waals surface area contributed by atoms with Crippen LogP contribution in [0.25, 0.3) is 10.6 Å². The first-order chi connectivity index (χ1) is 11.2. The lowest BCUT2D eigenvalue weighted by molar-refractivity contribution is 0.0622. The highest BCUT2D eigenvalue weighted by atomic mass is 32.1. The van der Waals surface area contributed by atoms with Gasteiger partial charge in [0.15, 0.2) is 0 Å². The minimum atomic E-state index is -0.273. The molecule has 3 aliphatic rings. The zero-order chi connectivity index (χ0) is 15.8. The van der Waals surface area contributed by atoms with Gasteiger partial charge in [-0.05, 0) is 56.1 Å². The van der Waals surface area contributed by atoms with E-state index in [1.165, 1.54) is 36.3 Å². The Hall–Kier alpha value is -1.79. The lowest BCUT2D eigenvalue weighted by atomic mass is 9.84. The van der Waals surface area contributed by atoms with Crippen molar-refractivity contribution in [3.63, 3.8) is 0 Å². The number of piperidine rings is 3. The highest BCUT2D eigenvalue weighted by molar-refractivity contribution is 7.16. The van der Waals surface area contributed by atoms with E-state index in [0.29, 0.717) is 10.8 Å². The van der Waals surface area contributed by atoms with E-state index < -0.39 is 0 Å². The normalized spacial score (nSPS) is 26.2. The summed E-state index contributed by atoms with van der Waals surface area (Å²) < 4.78 is 13.0. The molecule has 4 heterocycles. The molecule has 120 valence electrons. The van der Waals surface area contributed by atoms with Crippen LogP contribution >= 0.6 is 11.3 Å². The van der Waals surface area contributed by atoms with Crippen LogP contribution in [-0.2, 0) is 0 Å². The molecule has 0 radical (unpaired) electrons. The Kier molecular flexibility index (Phi) is 3.87. The Morgan fingerprint density at radius 3 is 2.65 bits per heavy atom. The molecule has 0 spiro atoms. The molecule has 3 saturated heterocycles. The number of carbonyl (C=O) groups is 1. The largest absolute Gasteiger partial charge is 0.347 e. The molecule has 1 aromatic carbocycles. The molecule has 0 unspecified atom stereocenters. The maximum Gasteiger partial charge on any atom is 0.263 e. The van der Waals surface area contributed by atoms with Crippen molar-refractivity contribution in [2.75, 3.05) is 19.6 Å². The zero-order valence-electron chi connectivity index (χ0n) is 12.7. The Morgan fingerprint density at radius 2 is 2.00 bits per heavy atom. The van der Waals surface area contributed by atoms with E-state index in [9.17, 15) is 9.18 Å². The first kappa shape index (κ1) is 14.8. The molecule has 3 fully saturated rings. The quantitative estimate of drug-likeness (QED) is 0.941. The van der Waals surface area contributed by atoms with Crippen molar-refractivity contribution in [3.05, 3.63) is 41.2 Å². The van der Waals surface area contributed by atoms with Crippen LogP contribution in [-0.4, -0.2) is 41.5 Å². The summed E-state index contributed by atoms with van der Waals surface area (Å²) in [5, 5.41) is 3.91. The molecule has 5 rings (SSSR count). The monoisotopic (exact) mass is 331 g/mol. The highest BCUT2D eigenvalue weighted by Gasteiger charge is 2.35. The fraction of sp³-hybridized carbons (Fsp3) is 0.412. The van der Waals surface area contributed by atoms with Crippen LogP contribution in [0.2, 0.25) is 0 Å². The third-order valence-corrected chi connectivity index (χ3v) is 5.84. The summed E-state index contributed by atoms with van der Waals surface area (Å²) in [4.78, 5) is 19.8. The molecule has 2 bridgehead atoms. The van der Waals surface area contributed by atoms with Crippen LogP contribution in [0.4, 0.5) is 4.39 Å². The fourth-order valence-electron chi connectivity index (χ4n) is 3.47. The molecule has 0 saturated carbocycles. The molecule has 23 heavy (non-hydrogen) atoms. The molecule has 0 aliphatic carbocycles. The van der Waals surface area contributed by atoms with Gasteiger partial charge in [0.05, 0.1) is 6.20 Å². The van der Waals surface area contributed by atoms with E-state index in [2.05, 4.69) is 15.2 Å². The SMILES string of the molecule is O=C(N[C@H]1CN2CCC1CC2)c1cnc(-c2ccc(F)cc2)s1. The first-order valence-electron chi connectivity index (χ1n) is 7.94. The Bertz CT molecular complexity index is 707. The van der Waals surface area contributed by atoms with Crippen molar-refractivity contribution in [1.29, 1.82) is 0 Å². The van der Waals surface area contributed by atoms with Gasteiger partial charge < -0.3 is 10.2 Å². The standard InChI is InChI=1S/C17H18FN3OS/c18-13-3-1-12(2-4-13)17-19-9-15(23-17)16(22)20-14-10-21-7-5-11(14)6-8-21/h1-4,9,11,14H,5-8,10H2,(H,20,22)/t14-/m0/s1. The third kappa shape index (κ3) is 3.01. The van der Waals surface area contributed by atoms with Crippen LogP contribution in [0.3, 0.4) is 0 Å². The predicted molar refractivity (Wildman–Crippen MR) is 87.9 cm³/mol. The van der Waals surface area contributed by atoms with Crippen molar-refractivity contribution >= 4 is 17.2 Å². The molecular weight excluding hydrogens is 313 g/mol. The van der Waals surface area contributed by atoms with Gasteiger partial charge in [-0.1, -0.05) is 0 Å². The second-order valence-electron chi connectivity index (χ2n) is 6.25. The number of halogens is 1. The number of rotatable bonds is 3. The molecule has 2 aromatic rings. The van der Waals surface area contributed by atoms with Gasteiger partial charge in [0.25, 0.3) is 5.91 Å². The molecule has 1 aromatic heterocycles. The zero-order valence-corrected chi connectivity index (χ0v) is 13.5. The maximum atomic E-state index is 13.0. The van der Waals surface area contributed by atoms with E-state index in [1.807, 2.05) is 0 Å². The van der Waals surface area contributed by atoms with E-state index in [4.69, 9.17) is 0 Å². The maximum absolute atomic E-state index is 13.0. The summed E-state index contributed by atoms with van der Waals surface area (Å²) in [5.74, 6) is 0.286. The summed E-state index contributed by atoms with van der Waals surface area (Å²) in [6.07, 6.45) is 3.96.